The van der Waals surface area contributed by atoms with Crippen molar-refractivity contribution in [2.45, 2.75) is 6.92 Å². The van der Waals surface area contributed by atoms with Gasteiger partial charge in [0.2, 0.25) is 0 Å². The summed E-state index contributed by atoms with van der Waals surface area (Å²) in [6, 6.07) is 0. The Balaban J connectivity index is 3.12. The molecule has 0 spiro atoms. The number of carbonyl (C=O) groups excluding carboxylic acids is 1. The standard InChI is InChI=1S/C8H7NO3/c1-5-2-3-6(8(11)12)7(4-10)9-5/h2-3,9H,1H3,(H,11,12). The number of nitrogens with one attached hydrogen (secondary N) is 1. The molecule has 1 rings (SSSR count). The van der Waals surface area contributed by atoms with Gasteiger partial charge in [-0.1, -0.05) is 0 Å². The Bertz CT molecular complexity index is 332. The summed E-state index contributed by atoms with van der Waals surface area (Å²) in [4.78, 5) is 20.8. The molecule has 2 N–H and O–H groups in total. The summed E-state index contributed by atoms with van der Waals surface area (Å²) >= 11 is 0. The summed E-state index contributed by atoms with van der Waals surface area (Å²) in [6.07, 6.45) is 2.96. The minimum absolute atomic E-state index is 0.0255. The van der Waals surface area contributed by atoms with Crippen LogP contribution in [0.5, 0.6) is 0 Å². The van der Waals surface area contributed by atoms with Gasteiger partial charge in [0.15, 0.2) is 5.94 Å². The first-order valence-corrected chi connectivity index (χ1v) is 3.29. The van der Waals surface area contributed by atoms with Crippen molar-refractivity contribution in [1.82, 2.24) is 5.32 Å². The van der Waals surface area contributed by atoms with Gasteiger partial charge in [0.1, 0.15) is 5.70 Å². The van der Waals surface area contributed by atoms with E-state index < -0.39 is 5.97 Å². The van der Waals surface area contributed by atoms with Crippen molar-refractivity contribution >= 4 is 11.9 Å². The largest absolute Gasteiger partial charge is 0.478 e. The normalized spacial score (nSPS) is 15.6. The molecule has 1 aliphatic rings. The molecule has 0 amide bonds. The van der Waals surface area contributed by atoms with E-state index in [1.165, 1.54) is 12.0 Å². The number of allylic oxidation sites excluding steroid dienone is 3. The molecule has 0 aliphatic carbocycles. The van der Waals surface area contributed by atoms with E-state index >= 15 is 0 Å². The van der Waals surface area contributed by atoms with E-state index in [0.29, 0.717) is 0 Å². The average molecular weight is 165 g/mol. The van der Waals surface area contributed by atoms with Gasteiger partial charge in [0.05, 0.1) is 5.57 Å². The second kappa shape index (κ2) is 3.07. The first-order chi connectivity index (χ1) is 5.65. The molecule has 0 saturated carbocycles. The van der Waals surface area contributed by atoms with Crippen LogP contribution in [0.25, 0.3) is 0 Å². The number of rotatable bonds is 1. The van der Waals surface area contributed by atoms with Crippen molar-refractivity contribution in [1.29, 1.82) is 0 Å². The van der Waals surface area contributed by atoms with Crippen molar-refractivity contribution in [3.63, 3.8) is 0 Å². The SMILES string of the molecule is CC1=CC=C(C(=O)O)C(=C=O)N1. The molecule has 4 nitrogen and oxygen atoms in total. The topological polar surface area (TPSA) is 66.4 Å². The number of carboxylic acids is 1. The number of carbonyl (C=O) groups is 1. The van der Waals surface area contributed by atoms with E-state index in [0.717, 1.165) is 5.70 Å². The van der Waals surface area contributed by atoms with E-state index in [-0.39, 0.29) is 11.3 Å². The first-order valence-electron chi connectivity index (χ1n) is 3.29. The van der Waals surface area contributed by atoms with Crippen LogP contribution in [-0.4, -0.2) is 17.0 Å². The summed E-state index contributed by atoms with van der Waals surface area (Å²) < 4.78 is 0. The number of carboxylic acid groups (broad SMARTS) is 1. The van der Waals surface area contributed by atoms with Gasteiger partial charge in [-0.2, -0.15) is 0 Å². The number of hydrogen-bond donors (Lipinski definition) is 2. The van der Waals surface area contributed by atoms with E-state index in [1.807, 2.05) is 0 Å². The Hall–Kier alpha value is -1.80. The summed E-state index contributed by atoms with van der Waals surface area (Å²) in [5.41, 5.74) is 0.636. The van der Waals surface area contributed by atoms with Crippen LogP contribution < -0.4 is 5.32 Å². The Labute approximate surface area is 68.9 Å². The van der Waals surface area contributed by atoms with Gasteiger partial charge in [0, 0.05) is 5.70 Å². The van der Waals surface area contributed by atoms with Crippen LogP contribution in [0, 0.1) is 0 Å². The molecule has 0 aromatic heterocycles. The zero-order valence-electron chi connectivity index (χ0n) is 6.42. The molecule has 0 aromatic rings. The first kappa shape index (κ1) is 8.30. The molecule has 12 heavy (non-hydrogen) atoms. The molecule has 1 heterocycles. The fourth-order valence-electron chi connectivity index (χ4n) is 0.857. The van der Waals surface area contributed by atoms with Crippen LogP contribution in [0.4, 0.5) is 0 Å². The lowest BCUT2D eigenvalue weighted by Gasteiger charge is -2.11. The Kier molecular flexibility index (Phi) is 2.12. The molecule has 0 bridgehead atoms. The molecule has 0 atom stereocenters. The Morgan fingerprint density at radius 3 is 2.75 bits per heavy atom. The van der Waals surface area contributed by atoms with E-state index in [4.69, 9.17) is 5.11 Å². The van der Waals surface area contributed by atoms with Crippen molar-refractivity contribution in [2.75, 3.05) is 0 Å². The predicted octanol–water partition coefficient (Wildman–Crippen LogP) is 0.220. The van der Waals surface area contributed by atoms with Gasteiger partial charge < -0.3 is 10.4 Å². The van der Waals surface area contributed by atoms with Crippen molar-refractivity contribution in [3.8, 4) is 0 Å². The molecule has 0 fully saturated rings. The van der Waals surface area contributed by atoms with Crippen LogP contribution in [0.2, 0.25) is 0 Å². The summed E-state index contributed by atoms with van der Waals surface area (Å²) in [7, 11) is 0. The second-order valence-electron chi connectivity index (χ2n) is 2.34. The quantitative estimate of drug-likeness (QED) is 0.545. The molecular formula is C8H7NO3. The maximum atomic E-state index is 10.5. The highest BCUT2D eigenvalue weighted by molar-refractivity contribution is 5.95. The lowest BCUT2D eigenvalue weighted by Crippen LogP contribution is -2.20. The van der Waals surface area contributed by atoms with E-state index in [9.17, 15) is 9.59 Å². The van der Waals surface area contributed by atoms with Gasteiger partial charge in [-0.05, 0) is 19.1 Å². The van der Waals surface area contributed by atoms with Gasteiger partial charge in [-0.3, -0.25) is 0 Å². The summed E-state index contributed by atoms with van der Waals surface area (Å²) in [5, 5.41) is 11.2. The monoisotopic (exact) mass is 165 g/mol. The molecular weight excluding hydrogens is 158 g/mol. The highest BCUT2D eigenvalue weighted by Crippen LogP contribution is 2.11. The molecule has 0 saturated heterocycles. The minimum Gasteiger partial charge on any atom is -0.478 e. The third kappa shape index (κ3) is 1.44. The van der Waals surface area contributed by atoms with Crippen LogP contribution >= 0.6 is 0 Å². The van der Waals surface area contributed by atoms with Gasteiger partial charge in [-0.15, -0.1) is 0 Å². The van der Waals surface area contributed by atoms with E-state index in [2.05, 4.69) is 5.32 Å². The zero-order chi connectivity index (χ0) is 9.14. The third-order valence-electron chi connectivity index (χ3n) is 1.42. The molecule has 1 aliphatic heterocycles. The predicted molar refractivity (Wildman–Crippen MR) is 41.8 cm³/mol. The zero-order valence-corrected chi connectivity index (χ0v) is 6.42. The highest BCUT2D eigenvalue weighted by atomic mass is 16.4. The summed E-state index contributed by atoms with van der Waals surface area (Å²) in [5.74, 6) is 0.397. The lowest BCUT2D eigenvalue weighted by molar-refractivity contribution is -0.132. The van der Waals surface area contributed by atoms with Gasteiger partial charge >= 0.3 is 5.97 Å². The molecule has 62 valence electrons. The fourth-order valence-corrected chi connectivity index (χ4v) is 0.857. The van der Waals surface area contributed by atoms with Crippen molar-refractivity contribution < 1.29 is 14.7 Å². The number of aliphatic carboxylic acids is 1. The lowest BCUT2D eigenvalue weighted by atomic mass is 10.1. The fraction of sp³-hybridized carbons (Fsp3) is 0.125. The molecule has 0 aromatic carbocycles. The average Bonchev–Trinajstić information content (AvgIpc) is 2.03. The van der Waals surface area contributed by atoms with Crippen molar-refractivity contribution in [3.05, 3.63) is 29.1 Å². The maximum absolute atomic E-state index is 10.5. The Morgan fingerprint density at radius 2 is 2.25 bits per heavy atom. The van der Waals surface area contributed by atoms with Gasteiger partial charge in [-0.25, -0.2) is 9.59 Å². The second-order valence-corrected chi connectivity index (χ2v) is 2.34. The maximum Gasteiger partial charge on any atom is 0.338 e. The minimum atomic E-state index is -1.13. The number of dihydropyridines is 1. The Morgan fingerprint density at radius 1 is 1.58 bits per heavy atom. The third-order valence-corrected chi connectivity index (χ3v) is 1.42. The summed E-state index contributed by atoms with van der Waals surface area (Å²) in [6.45, 7) is 1.73. The van der Waals surface area contributed by atoms with E-state index in [1.54, 1.807) is 13.0 Å². The molecule has 0 radical (unpaired) electrons. The van der Waals surface area contributed by atoms with Crippen LogP contribution in [0.15, 0.2) is 29.1 Å². The highest BCUT2D eigenvalue weighted by Gasteiger charge is 2.16. The molecule has 4 heteroatoms. The molecule has 0 unspecified atom stereocenters. The smallest absolute Gasteiger partial charge is 0.338 e. The number of hydrogen-bond acceptors (Lipinski definition) is 3. The van der Waals surface area contributed by atoms with Crippen LogP contribution in [-0.2, 0) is 9.59 Å². The van der Waals surface area contributed by atoms with Gasteiger partial charge in [0.25, 0.3) is 0 Å². The van der Waals surface area contributed by atoms with Crippen LogP contribution in [0.3, 0.4) is 0 Å². The van der Waals surface area contributed by atoms with Crippen LogP contribution in [0.1, 0.15) is 6.92 Å². The van der Waals surface area contributed by atoms with Crippen molar-refractivity contribution in [2.24, 2.45) is 0 Å².